The summed E-state index contributed by atoms with van der Waals surface area (Å²) in [4.78, 5) is 49.5. The van der Waals surface area contributed by atoms with Gasteiger partial charge in [-0.3, -0.25) is 29.4 Å². The van der Waals surface area contributed by atoms with Crippen molar-refractivity contribution in [3.8, 4) is 0 Å². The third kappa shape index (κ3) is 2.73. The molecule has 1 saturated heterocycles. The van der Waals surface area contributed by atoms with Gasteiger partial charge in [0.2, 0.25) is 11.8 Å². The van der Waals surface area contributed by atoms with Crippen molar-refractivity contribution in [2.75, 3.05) is 0 Å². The molecule has 8 nitrogen and oxygen atoms in total. The highest BCUT2D eigenvalue weighted by Gasteiger charge is 2.44. The van der Waals surface area contributed by atoms with Crippen molar-refractivity contribution in [3.63, 3.8) is 0 Å². The molecule has 4 rings (SSSR count). The second-order valence-corrected chi connectivity index (χ2v) is 6.71. The summed E-state index contributed by atoms with van der Waals surface area (Å²) in [5.74, 6) is -1.96. The molecule has 1 saturated carbocycles. The molecule has 2 heterocycles. The highest BCUT2D eigenvalue weighted by Crippen LogP contribution is 2.28. The molecule has 4 N–H and O–H groups in total. The van der Waals surface area contributed by atoms with E-state index in [0.717, 1.165) is 16.9 Å². The molecule has 1 aliphatic carbocycles. The zero-order valence-electron chi connectivity index (χ0n) is 13.5. The maximum absolute atomic E-state index is 12.7. The van der Waals surface area contributed by atoms with Gasteiger partial charge in [0.25, 0.3) is 11.8 Å². The summed E-state index contributed by atoms with van der Waals surface area (Å²) >= 11 is 0. The van der Waals surface area contributed by atoms with E-state index in [4.69, 9.17) is 5.73 Å². The minimum Gasteiger partial charge on any atom is -0.326 e. The quantitative estimate of drug-likeness (QED) is 0.621. The molecular formula is C17H18N4O4. The molecule has 0 radical (unpaired) electrons. The maximum Gasteiger partial charge on any atom is 0.262 e. The summed E-state index contributed by atoms with van der Waals surface area (Å²) in [6, 6.07) is 4.63. The van der Waals surface area contributed by atoms with Crippen LogP contribution in [0.4, 0.5) is 0 Å². The minimum atomic E-state index is -0.934. The highest BCUT2D eigenvalue weighted by atomic mass is 16.2. The molecule has 8 heteroatoms. The summed E-state index contributed by atoms with van der Waals surface area (Å²) in [6.45, 7) is 0.561. The lowest BCUT2D eigenvalue weighted by Crippen LogP contribution is -2.54. The number of benzene rings is 1. The largest absolute Gasteiger partial charge is 0.326 e. The van der Waals surface area contributed by atoms with E-state index in [-0.39, 0.29) is 24.8 Å². The highest BCUT2D eigenvalue weighted by molar-refractivity contribution is 6.23. The van der Waals surface area contributed by atoms with E-state index in [1.165, 1.54) is 0 Å². The van der Waals surface area contributed by atoms with E-state index >= 15 is 0 Å². The fraction of sp³-hybridized carbons (Fsp3) is 0.412. The smallest absolute Gasteiger partial charge is 0.262 e. The van der Waals surface area contributed by atoms with Crippen LogP contribution in [0.1, 0.15) is 45.5 Å². The summed E-state index contributed by atoms with van der Waals surface area (Å²) in [5.41, 5.74) is 7.23. The lowest BCUT2D eigenvalue weighted by atomic mass is 10.0. The molecule has 0 aromatic heterocycles. The third-order valence-electron chi connectivity index (χ3n) is 4.91. The summed E-state index contributed by atoms with van der Waals surface area (Å²) < 4.78 is 0. The van der Waals surface area contributed by atoms with Crippen molar-refractivity contribution in [1.29, 1.82) is 0 Å². The molecule has 2 aliphatic heterocycles. The van der Waals surface area contributed by atoms with Crippen molar-refractivity contribution < 1.29 is 19.2 Å². The van der Waals surface area contributed by atoms with Crippen molar-refractivity contribution in [2.45, 2.75) is 43.9 Å². The molecule has 2 fully saturated rings. The van der Waals surface area contributed by atoms with E-state index in [0.29, 0.717) is 23.7 Å². The molecule has 4 amide bonds. The number of hydrogen-bond acceptors (Lipinski definition) is 6. The average molecular weight is 342 g/mol. The summed E-state index contributed by atoms with van der Waals surface area (Å²) in [5, 5.41) is 5.47. The number of nitrogens with zero attached hydrogens (tertiary/aromatic N) is 1. The van der Waals surface area contributed by atoms with Gasteiger partial charge in [0.05, 0.1) is 11.1 Å². The molecule has 3 aliphatic rings. The molecule has 25 heavy (non-hydrogen) atoms. The zero-order chi connectivity index (χ0) is 17.7. The van der Waals surface area contributed by atoms with Crippen LogP contribution in [0.3, 0.4) is 0 Å². The van der Waals surface area contributed by atoms with E-state index in [1.54, 1.807) is 18.2 Å². The van der Waals surface area contributed by atoms with Gasteiger partial charge in [-0.1, -0.05) is 6.07 Å². The van der Waals surface area contributed by atoms with Gasteiger partial charge < -0.3 is 11.1 Å². The van der Waals surface area contributed by atoms with Gasteiger partial charge in [0.15, 0.2) is 0 Å². The van der Waals surface area contributed by atoms with E-state index in [9.17, 15) is 19.2 Å². The topological polar surface area (TPSA) is 122 Å². The van der Waals surface area contributed by atoms with Gasteiger partial charge in [-0.15, -0.1) is 0 Å². The Kier molecular flexibility index (Phi) is 3.66. The van der Waals surface area contributed by atoms with E-state index in [2.05, 4.69) is 10.6 Å². The second kappa shape index (κ2) is 5.75. The van der Waals surface area contributed by atoms with E-state index in [1.807, 2.05) is 0 Å². The van der Waals surface area contributed by atoms with Gasteiger partial charge in [-0.05, 0) is 30.5 Å². The first-order valence-corrected chi connectivity index (χ1v) is 8.29. The first-order valence-electron chi connectivity index (χ1n) is 8.29. The monoisotopic (exact) mass is 342 g/mol. The first-order chi connectivity index (χ1) is 12.0. The predicted molar refractivity (Wildman–Crippen MR) is 86.3 cm³/mol. The summed E-state index contributed by atoms with van der Waals surface area (Å²) in [6.07, 6.45) is 1.20. The number of nitrogens with one attached hydrogen (secondary N) is 2. The number of carbonyl (C=O) groups excluding carboxylic acids is 4. The van der Waals surface area contributed by atoms with E-state index < -0.39 is 23.8 Å². The van der Waals surface area contributed by atoms with Gasteiger partial charge in [-0.25, -0.2) is 0 Å². The van der Waals surface area contributed by atoms with Crippen molar-refractivity contribution in [3.05, 3.63) is 34.9 Å². The molecule has 130 valence electrons. The first kappa shape index (κ1) is 15.9. The van der Waals surface area contributed by atoms with Gasteiger partial charge in [0.1, 0.15) is 6.04 Å². The third-order valence-corrected chi connectivity index (χ3v) is 4.91. The fourth-order valence-electron chi connectivity index (χ4n) is 3.33. The average Bonchev–Trinajstić information content (AvgIpc) is 3.23. The van der Waals surface area contributed by atoms with Gasteiger partial charge in [0, 0.05) is 25.0 Å². The standard InChI is InChI=1S/C17H18N4O4/c18-11-6-12(11)19-7-8-1-2-9-10(5-8)17(25)21(16(9)24)13-3-4-14(22)20-15(13)23/h1-2,5,11-13,19H,3-4,6-7,18H2,(H,20,22,23)/t11-,12-,13?/m1/s1. The van der Waals surface area contributed by atoms with Crippen LogP contribution < -0.4 is 16.4 Å². The normalized spacial score (nSPS) is 28.2. The Bertz CT molecular complexity index is 806. The SMILES string of the molecule is N[C@@H]1C[C@H]1NCc1ccc2c(c1)C(=O)N(C1CCC(=O)NC1=O)C2=O. The molecule has 1 aromatic carbocycles. The Morgan fingerprint density at radius 1 is 1.16 bits per heavy atom. The molecule has 3 atom stereocenters. The molecule has 1 unspecified atom stereocenters. The maximum atomic E-state index is 12.7. The fourth-order valence-corrected chi connectivity index (χ4v) is 3.33. The van der Waals surface area contributed by atoms with Crippen LogP contribution in [-0.4, -0.2) is 46.7 Å². The van der Waals surface area contributed by atoms with Crippen molar-refractivity contribution in [1.82, 2.24) is 15.5 Å². The number of rotatable bonds is 4. The molecule has 1 aromatic rings. The number of fused-ring (bicyclic) bond motifs is 1. The van der Waals surface area contributed by atoms with Gasteiger partial charge in [-0.2, -0.15) is 0 Å². The molecular weight excluding hydrogens is 324 g/mol. The van der Waals surface area contributed by atoms with Gasteiger partial charge >= 0.3 is 0 Å². The Balaban J connectivity index is 1.54. The Labute approximate surface area is 143 Å². The predicted octanol–water partition coefficient (Wildman–Crippen LogP) is -0.723. The van der Waals surface area contributed by atoms with Crippen LogP contribution in [-0.2, 0) is 16.1 Å². The number of imide groups is 2. The van der Waals surface area contributed by atoms with Crippen LogP contribution in [0, 0.1) is 0 Å². The van der Waals surface area contributed by atoms with Crippen LogP contribution in [0.2, 0.25) is 0 Å². The lowest BCUT2D eigenvalue weighted by Gasteiger charge is -2.27. The van der Waals surface area contributed by atoms with Crippen molar-refractivity contribution in [2.24, 2.45) is 5.73 Å². The number of piperidine rings is 1. The minimum absolute atomic E-state index is 0.112. The number of amides is 4. The zero-order valence-corrected chi connectivity index (χ0v) is 13.5. The Morgan fingerprint density at radius 2 is 1.88 bits per heavy atom. The molecule has 0 spiro atoms. The Hall–Kier alpha value is -2.58. The van der Waals surface area contributed by atoms with Crippen LogP contribution in [0.5, 0.6) is 0 Å². The summed E-state index contributed by atoms with van der Waals surface area (Å²) in [7, 11) is 0. The number of nitrogens with two attached hydrogens (primary N) is 1. The number of carbonyl (C=O) groups is 4. The Morgan fingerprint density at radius 3 is 2.56 bits per heavy atom. The van der Waals surface area contributed by atoms with Crippen LogP contribution in [0.25, 0.3) is 0 Å². The number of hydrogen-bond donors (Lipinski definition) is 3. The molecule has 0 bridgehead atoms. The van der Waals surface area contributed by atoms with Crippen molar-refractivity contribution >= 4 is 23.6 Å². The second-order valence-electron chi connectivity index (χ2n) is 6.71. The lowest BCUT2D eigenvalue weighted by molar-refractivity contribution is -0.136. The van der Waals surface area contributed by atoms with Crippen LogP contribution >= 0.6 is 0 Å². The van der Waals surface area contributed by atoms with Crippen LogP contribution in [0.15, 0.2) is 18.2 Å².